The highest BCUT2D eigenvalue weighted by atomic mass is 16.6. The first-order chi connectivity index (χ1) is 8.69. The smallest absolute Gasteiger partial charge is 0.272 e. The molecule has 1 atom stereocenters. The number of hydrogen-bond acceptors (Lipinski definition) is 4. The van der Waals surface area contributed by atoms with Crippen molar-refractivity contribution in [2.24, 2.45) is 0 Å². The van der Waals surface area contributed by atoms with E-state index in [1.165, 1.54) is 0 Å². The molecule has 0 saturated carbocycles. The maximum absolute atomic E-state index is 10.9. The quantitative estimate of drug-likeness (QED) is 0.568. The first-order valence-corrected chi connectivity index (χ1v) is 6.13. The number of likely N-dealkylation sites (N-methyl/N-ethyl adjacent to an activating group) is 1. The summed E-state index contributed by atoms with van der Waals surface area (Å²) in [4.78, 5) is 10.6. The molecule has 100 valence electrons. The van der Waals surface area contributed by atoms with E-state index < -0.39 is 0 Å². The number of para-hydroxylation sites is 1. The predicted octanol–water partition coefficient (Wildman–Crippen LogP) is 2.15. The van der Waals surface area contributed by atoms with E-state index in [4.69, 9.17) is 4.74 Å². The molecule has 0 aromatic heterocycles. The molecule has 0 amide bonds. The third-order valence-corrected chi connectivity index (χ3v) is 2.82. The van der Waals surface area contributed by atoms with E-state index in [2.05, 4.69) is 5.32 Å². The largest absolute Gasteiger partial charge is 0.385 e. The van der Waals surface area contributed by atoms with Gasteiger partial charge >= 0.3 is 0 Å². The highest BCUT2D eigenvalue weighted by molar-refractivity contribution is 5.40. The van der Waals surface area contributed by atoms with E-state index in [1.54, 1.807) is 19.2 Å². The molecule has 0 bridgehead atoms. The number of nitro groups is 1. The van der Waals surface area contributed by atoms with Crippen molar-refractivity contribution in [2.75, 3.05) is 20.3 Å². The van der Waals surface area contributed by atoms with Crippen LogP contribution in [0.4, 0.5) is 5.69 Å². The molecule has 5 nitrogen and oxygen atoms in total. The molecular formula is C13H20N2O3. The fraction of sp³-hybridized carbons (Fsp3) is 0.538. The molecule has 1 aromatic rings. The van der Waals surface area contributed by atoms with Gasteiger partial charge in [-0.3, -0.25) is 10.1 Å². The van der Waals surface area contributed by atoms with Crippen LogP contribution in [0, 0.1) is 10.1 Å². The van der Waals surface area contributed by atoms with E-state index in [9.17, 15) is 10.1 Å². The Bertz CT molecular complexity index is 382. The number of ether oxygens (including phenoxy) is 1. The van der Waals surface area contributed by atoms with Gasteiger partial charge in [-0.2, -0.15) is 0 Å². The Morgan fingerprint density at radius 1 is 1.44 bits per heavy atom. The maximum atomic E-state index is 10.9. The molecule has 1 N–H and O–H groups in total. The van der Waals surface area contributed by atoms with Crippen LogP contribution < -0.4 is 5.32 Å². The lowest BCUT2D eigenvalue weighted by Gasteiger charge is -2.17. The first kappa shape index (κ1) is 14.6. The summed E-state index contributed by atoms with van der Waals surface area (Å²) in [5.41, 5.74) is 0.961. The summed E-state index contributed by atoms with van der Waals surface area (Å²) in [6, 6.07) is 7.10. The SMILES string of the molecule is CCNC(CCOC)Cc1ccccc1[N+](=O)[O-]. The lowest BCUT2D eigenvalue weighted by atomic mass is 10.0. The Hall–Kier alpha value is -1.46. The standard InChI is InChI=1S/C13H20N2O3/c1-3-14-12(8-9-18-2)10-11-6-4-5-7-13(11)15(16)17/h4-7,12,14H,3,8-10H2,1-2H3. The van der Waals surface area contributed by atoms with Gasteiger partial charge in [-0.15, -0.1) is 0 Å². The van der Waals surface area contributed by atoms with Crippen LogP contribution >= 0.6 is 0 Å². The number of nitrogens with one attached hydrogen (secondary N) is 1. The van der Waals surface area contributed by atoms with Crippen LogP contribution in [0.3, 0.4) is 0 Å². The van der Waals surface area contributed by atoms with Crippen LogP contribution in [0.2, 0.25) is 0 Å². The molecule has 0 saturated heterocycles. The number of nitro benzene ring substituents is 1. The van der Waals surface area contributed by atoms with Gasteiger partial charge in [0.1, 0.15) is 0 Å². The van der Waals surface area contributed by atoms with Gasteiger partial charge in [0.05, 0.1) is 4.92 Å². The average Bonchev–Trinajstić information content (AvgIpc) is 2.36. The summed E-state index contributed by atoms with van der Waals surface area (Å²) in [6.45, 7) is 3.52. The zero-order chi connectivity index (χ0) is 13.4. The van der Waals surface area contributed by atoms with Gasteiger partial charge in [0.15, 0.2) is 0 Å². The topological polar surface area (TPSA) is 64.4 Å². The molecule has 0 aliphatic rings. The molecule has 1 rings (SSSR count). The van der Waals surface area contributed by atoms with Gasteiger partial charge in [-0.1, -0.05) is 25.1 Å². The van der Waals surface area contributed by atoms with Crippen molar-refractivity contribution in [2.45, 2.75) is 25.8 Å². The second-order valence-electron chi connectivity index (χ2n) is 4.13. The van der Waals surface area contributed by atoms with Crippen LogP contribution in [-0.2, 0) is 11.2 Å². The number of hydrogen-bond donors (Lipinski definition) is 1. The van der Waals surface area contributed by atoms with Gasteiger partial charge in [0.25, 0.3) is 5.69 Å². The van der Waals surface area contributed by atoms with Crippen molar-refractivity contribution in [3.05, 3.63) is 39.9 Å². The number of rotatable bonds is 8. The molecule has 18 heavy (non-hydrogen) atoms. The van der Waals surface area contributed by atoms with Crippen LogP contribution in [0.15, 0.2) is 24.3 Å². The van der Waals surface area contributed by atoms with E-state index in [1.807, 2.05) is 19.1 Å². The summed E-state index contributed by atoms with van der Waals surface area (Å²) in [5.74, 6) is 0. The number of nitrogens with zero attached hydrogens (tertiary/aromatic N) is 1. The fourth-order valence-electron chi connectivity index (χ4n) is 1.95. The zero-order valence-electron chi connectivity index (χ0n) is 10.9. The van der Waals surface area contributed by atoms with E-state index >= 15 is 0 Å². The summed E-state index contributed by atoms with van der Waals surface area (Å²) in [5, 5.41) is 14.3. The second kappa shape index (κ2) is 7.79. The summed E-state index contributed by atoms with van der Waals surface area (Å²) in [6.07, 6.45) is 1.49. The predicted molar refractivity (Wildman–Crippen MR) is 70.8 cm³/mol. The van der Waals surface area contributed by atoms with Crippen molar-refractivity contribution in [1.82, 2.24) is 5.32 Å². The zero-order valence-corrected chi connectivity index (χ0v) is 10.9. The van der Waals surface area contributed by atoms with Crippen molar-refractivity contribution in [1.29, 1.82) is 0 Å². The Morgan fingerprint density at radius 3 is 2.78 bits per heavy atom. The van der Waals surface area contributed by atoms with E-state index in [0.717, 1.165) is 18.5 Å². The molecule has 0 heterocycles. The molecule has 0 aliphatic heterocycles. The molecule has 5 heteroatoms. The Morgan fingerprint density at radius 2 is 2.17 bits per heavy atom. The molecule has 0 radical (unpaired) electrons. The lowest BCUT2D eigenvalue weighted by molar-refractivity contribution is -0.385. The minimum atomic E-state index is -0.325. The van der Waals surface area contributed by atoms with Crippen molar-refractivity contribution >= 4 is 5.69 Å². The molecule has 0 aliphatic carbocycles. The van der Waals surface area contributed by atoms with Gasteiger partial charge in [-0.25, -0.2) is 0 Å². The van der Waals surface area contributed by atoms with E-state index in [-0.39, 0.29) is 16.7 Å². The first-order valence-electron chi connectivity index (χ1n) is 6.13. The summed E-state index contributed by atoms with van der Waals surface area (Å²) in [7, 11) is 1.66. The number of methoxy groups -OCH3 is 1. The maximum Gasteiger partial charge on any atom is 0.272 e. The normalized spacial score (nSPS) is 12.3. The van der Waals surface area contributed by atoms with Gasteiger partial charge in [0, 0.05) is 31.4 Å². The monoisotopic (exact) mass is 252 g/mol. The van der Waals surface area contributed by atoms with Crippen molar-refractivity contribution in [3.63, 3.8) is 0 Å². The van der Waals surface area contributed by atoms with Gasteiger partial charge in [-0.05, 0) is 19.4 Å². The van der Waals surface area contributed by atoms with Crippen LogP contribution in [-0.4, -0.2) is 31.2 Å². The summed E-state index contributed by atoms with van der Waals surface area (Å²) >= 11 is 0. The second-order valence-corrected chi connectivity index (χ2v) is 4.13. The molecule has 0 fully saturated rings. The Balaban J connectivity index is 2.76. The van der Waals surface area contributed by atoms with Gasteiger partial charge in [0.2, 0.25) is 0 Å². The Kier molecular flexibility index (Phi) is 6.32. The van der Waals surface area contributed by atoms with Crippen LogP contribution in [0.5, 0.6) is 0 Å². The highest BCUT2D eigenvalue weighted by Gasteiger charge is 2.16. The van der Waals surface area contributed by atoms with Crippen LogP contribution in [0.1, 0.15) is 18.9 Å². The third kappa shape index (κ3) is 4.43. The average molecular weight is 252 g/mol. The van der Waals surface area contributed by atoms with Crippen molar-refractivity contribution < 1.29 is 9.66 Å². The molecule has 1 aromatic carbocycles. The van der Waals surface area contributed by atoms with Crippen molar-refractivity contribution in [3.8, 4) is 0 Å². The molecule has 0 spiro atoms. The Labute approximate surface area is 107 Å². The fourth-order valence-corrected chi connectivity index (χ4v) is 1.95. The van der Waals surface area contributed by atoms with E-state index in [0.29, 0.717) is 13.0 Å². The third-order valence-electron chi connectivity index (χ3n) is 2.82. The minimum absolute atomic E-state index is 0.192. The minimum Gasteiger partial charge on any atom is -0.385 e. The highest BCUT2D eigenvalue weighted by Crippen LogP contribution is 2.19. The lowest BCUT2D eigenvalue weighted by Crippen LogP contribution is -2.32. The molecule has 1 unspecified atom stereocenters. The summed E-state index contributed by atoms with van der Waals surface area (Å²) < 4.78 is 5.06. The number of benzene rings is 1. The molecular weight excluding hydrogens is 232 g/mol. The van der Waals surface area contributed by atoms with Crippen LogP contribution in [0.25, 0.3) is 0 Å². The van der Waals surface area contributed by atoms with Gasteiger partial charge < -0.3 is 10.1 Å².